The molecule has 0 amide bonds. The van der Waals surface area contributed by atoms with Crippen LogP contribution in [0.4, 0.5) is 0 Å². The highest BCUT2D eigenvalue weighted by atomic mass is 16.5. The lowest BCUT2D eigenvalue weighted by molar-refractivity contribution is -0.137. The number of carbonyl (C=O) groups is 1. The molecule has 23 heavy (non-hydrogen) atoms. The number of ether oxygens (including phenoxy) is 1. The minimum absolute atomic E-state index is 0.0239. The maximum absolute atomic E-state index is 11.2. The first kappa shape index (κ1) is 17.1. The number of nitrogens with two attached hydrogens (primary N) is 1. The molecule has 2 aromatic carbocycles. The van der Waals surface area contributed by atoms with Crippen LogP contribution < -0.4 is 10.5 Å². The van der Waals surface area contributed by atoms with E-state index >= 15 is 0 Å². The zero-order valence-corrected chi connectivity index (χ0v) is 12.9. The van der Waals surface area contributed by atoms with Gasteiger partial charge in [0.2, 0.25) is 0 Å². The first-order valence-electron chi connectivity index (χ1n) is 7.45. The molecule has 0 aliphatic heterocycles. The monoisotopic (exact) mass is 313 g/mol. The number of hydrogen-bond acceptors (Lipinski definition) is 4. The molecule has 0 aliphatic rings. The van der Waals surface area contributed by atoms with E-state index in [1.165, 1.54) is 0 Å². The van der Waals surface area contributed by atoms with Crippen molar-refractivity contribution in [3.8, 4) is 5.75 Å². The minimum atomic E-state index is -0.886. The lowest BCUT2D eigenvalue weighted by Crippen LogP contribution is -2.21. The molecule has 0 radical (unpaired) electrons. The van der Waals surface area contributed by atoms with Gasteiger partial charge in [0.15, 0.2) is 0 Å². The van der Waals surface area contributed by atoms with Crippen molar-refractivity contribution in [2.75, 3.05) is 6.73 Å². The van der Waals surface area contributed by atoms with Crippen molar-refractivity contribution in [1.29, 1.82) is 0 Å². The second kappa shape index (κ2) is 8.97. The van der Waals surface area contributed by atoms with Gasteiger partial charge in [0, 0.05) is 0 Å². The molecular weight excluding hydrogens is 293 g/mol. The number of rotatable bonds is 9. The standard InChI is InChI=1S/C17H20BNO4/c19-12-23-18-16(17(20)21)10-13-6-8-15(9-7-13)22-11-14-4-2-1-3-5-14/h1-9,16,18H,10-12,19H2,(H,20,21). The first-order chi connectivity index (χ1) is 11.2. The second-order valence-electron chi connectivity index (χ2n) is 5.19. The van der Waals surface area contributed by atoms with E-state index < -0.39 is 11.8 Å². The van der Waals surface area contributed by atoms with Gasteiger partial charge >= 0.3 is 5.97 Å². The molecule has 1 unspecified atom stereocenters. The Labute approximate surface area is 136 Å². The predicted molar refractivity (Wildman–Crippen MR) is 89.6 cm³/mol. The number of benzene rings is 2. The van der Waals surface area contributed by atoms with E-state index in [9.17, 15) is 9.90 Å². The Morgan fingerprint density at radius 3 is 2.39 bits per heavy atom. The average molecular weight is 313 g/mol. The van der Waals surface area contributed by atoms with Crippen molar-refractivity contribution in [1.82, 2.24) is 0 Å². The van der Waals surface area contributed by atoms with Gasteiger partial charge in [0.25, 0.3) is 7.48 Å². The summed E-state index contributed by atoms with van der Waals surface area (Å²) in [5.74, 6) is -0.736. The molecular formula is C17H20BNO4. The summed E-state index contributed by atoms with van der Waals surface area (Å²) in [6.07, 6.45) is 0.397. The largest absolute Gasteiger partial charge is 0.489 e. The number of carboxylic acid groups (broad SMARTS) is 1. The van der Waals surface area contributed by atoms with E-state index in [2.05, 4.69) is 0 Å². The van der Waals surface area contributed by atoms with Gasteiger partial charge in [-0.05, 0) is 29.7 Å². The molecule has 0 aliphatic carbocycles. The summed E-state index contributed by atoms with van der Waals surface area (Å²) < 4.78 is 10.7. The van der Waals surface area contributed by atoms with Crippen LogP contribution in [-0.2, 0) is 22.5 Å². The Bertz CT molecular complexity index is 604. The molecule has 2 aromatic rings. The Balaban J connectivity index is 1.89. The molecule has 6 heteroatoms. The molecule has 2 rings (SSSR count). The third-order valence-corrected chi connectivity index (χ3v) is 3.44. The molecule has 0 bridgehead atoms. The maximum atomic E-state index is 11.2. The van der Waals surface area contributed by atoms with Crippen molar-refractivity contribution in [2.45, 2.75) is 18.8 Å². The molecule has 0 heterocycles. The minimum Gasteiger partial charge on any atom is -0.489 e. The van der Waals surface area contributed by atoms with Crippen molar-refractivity contribution >= 4 is 13.5 Å². The predicted octanol–water partition coefficient (Wildman–Crippen LogP) is 1.97. The molecule has 0 aromatic heterocycles. The summed E-state index contributed by atoms with van der Waals surface area (Å²) in [5.41, 5.74) is 7.26. The highest BCUT2D eigenvalue weighted by molar-refractivity contribution is 6.36. The lowest BCUT2D eigenvalue weighted by Gasteiger charge is -2.11. The van der Waals surface area contributed by atoms with Gasteiger partial charge in [-0.2, -0.15) is 0 Å². The van der Waals surface area contributed by atoms with Crippen LogP contribution in [0.5, 0.6) is 5.75 Å². The number of carboxylic acids is 1. The summed E-state index contributed by atoms with van der Waals surface area (Å²) in [6, 6.07) is 17.4. The fourth-order valence-electron chi connectivity index (χ4n) is 2.18. The van der Waals surface area contributed by atoms with Crippen LogP contribution in [0, 0.1) is 0 Å². The summed E-state index contributed by atoms with van der Waals surface area (Å²) in [6.45, 7) is 0.526. The topological polar surface area (TPSA) is 81.8 Å². The first-order valence-corrected chi connectivity index (χ1v) is 7.45. The van der Waals surface area contributed by atoms with Gasteiger partial charge in [-0.3, -0.25) is 4.79 Å². The normalized spacial score (nSPS) is 11.7. The molecule has 0 fully saturated rings. The molecule has 5 nitrogen and oxygen atoms in total. The molecule has 3 N–H and O–H groups in total. The van der Waals surface area contributed by atoms with Crippen molar-refractivity contribution in [2.24, 2.45) is 5.73 Å². The molecule has 1 atom stereocenters. The molecule has 120 valence electrons. The van der Waals surface area contributed by atoms with E-state index in [0.29, 0.717) is 13.0 Å². The SMILES string of the molecule is NCOBC(Cc1ccc(OCc2ccccc2)cc1)C(=O)O. The second-order valence-corrected chi connectivity index (χ2v) is 5.19. The Hall–Kier alpha value is -2.31. The highest BCUT2D eigenvalue weighted by Gasteiger charge is 2.20. The van der Waals surface area contributed by atoms with Gasteiger partial charge in [-0.1, -0.05) is 42.5 Å². The van der Waals surface area contributed by atoms with Crippen LogP contribution in [0.3, 0.4) is 0 Å². The smallest absolute Gasteiger partial charge is 0.301 e. The van der Waals surface area contributed by atoms with Crippen LogP contribution in [0.1, 0.15) is 11.1 Å². The quantitative estimate of drug-likeness (QED) is 0.546. The number of hydrogen-bond donors (Lipinski definition) is 2. The Kier molecular flexibility index (Phi) is 6.65. The zero-order chi connectivity index (χ0) is 16.5. The lowest BCUT2D eigenvalue weighted by atomic mass is 9.76. The van der Waals surface area contributed by atoms with Gasteiger partial charge < -0.3 is 20.2 Å². The van der Waals surface area contributed by atoms with Gasteiger partial charge in [-0.25, -0.2) is 0 Å². The summed E-state index contributed by atoms with van der Waals surface area (Å²) >= 11 is 0. The molecule has 0 saturated carbocycles. The van der Waals surface area contributed by atoms with Crippen LogP contribution in [0.25, 0.3) is 0 Å². The Morgan fingerprint density at radius 1 is 1.09 bits per heavy atom. The van der Waals surface area contributed by atoms with E-state index in [4.69, 9.17) is 15.1 Å². The van der Waals surface area contributed by atoms with Gasteiger partial charge in [0.1, 0.15) is 12.4 Å². The van der Waals surface area contributed by atoms with E-state index in [-0.39, 0.29) is 14.2 Å². The fraction of sp³-hybridized carbons (Fsp3) is 0.235. The fourth-order valence-corrected chi connectivity index (χ4v) is 2.18. The van der Waals surface area contributed by atoms with E-state index in [1.54, 1.807) is 0 Å². The van der Waals surface area contributed by atoms with E-state index in [1.807, 2.05) is 54.6 Å². The Morgan fingerprint density at radius 2 is 1.78 bits per heavy atom. The van der Waals surface area contributed by atoms with Crippen LogP contribution in [-0.4, -0.2) is 25.3 Å². The maximum Gasteiger partial charge on any atom is 0.301 e. The average Bonchev–Trinajstić information content (AvgIpc) is 2.58. The third-order valence-electron chi connectivity index (χ3n) is 3.44. The van der Waals surface area contributed by atoms with Crippen molar-refractivity contribution in [3.05, 3.63) is 65.7 Å². The third kappa shape index (κ3) is 5.77. The van der Waals surface area contributed by atoms with Crippen molar-refractivity contribution < 1.29 is 19.3 Å². The van der Waals surface area contributed by atoms with Crippen LogP contribution in [0.15, 0.2) is 54.6 Å². The van der Waals surface area contributed by atoms with Gasteiger partial charge in [-0.15, -0.1) is 0 Å². The summed E-state index contributed by atoms with van der Waals surface area (Å²) in [4.78, 5) is 11.2. The summed E-state index contributed by atoms with van der Waals surface area (Å²) in [7, 11) is 0.109. The van der Waals surface area contributed by atoms with Gasteiger partial charge in [0.05, 0.1) is 12.5 Å². The van der Waals surface area contributed by atoms with E-state index in [0.717, 1.165) is 16.9 Å². The van der Waals surface area contributed by atoms with Crippen molar-refractivity contribution in [3.63, 3.8) is 0 Å². The number of aliphatic carboxylic acids is 1. The summed E-state index contributed by atoms with van der Waals surface area (Å²) in [5, 5.41) is 9.18. The molecule has 0 saturated heterocycles. The van der Waals surface area contributed by atoms with Crippen LogP contribution in [0.2, 0.25) is 5.82 Å². The molecule has 0 spiro atoms. The zero-order valence-electron chi connectivity index (χ0n) is 12.9. The highest BCUT2D eigenvalue weighted by Crippen LogP contribution is 2.18. The van der Waals surface area contributed by atoms with Crippen LogP contribution >= 0.6 is 0 Å².